The summed E-state index contributed by atoms with van der Waals surface area (Å²) in [4.78, 5) is 42.6. The second-order valence-electron chi connectivity index (χ2n) is 10.8. The van der Waals surface area contributed by atoms with Gasteiger partial charge in [0.05, 0.1) is 10.7 Å². The van der Waals surface area contributed by atoms with Crippen LogP contribution >= 0.6 is 11.6 Å². The van der Waals surface area contributed by atoms with E-state index in [1.807, 2.05) is 50.2 Å². The molecule has 0 saturated carbocycles. The van der Waals surface area contributed by atoms with Gasteiger partial charge in [0, 0.05) is 13.0 Å². The summed E-state index contributed by atoms with van der Waals surface area (Å²) in [6.07, 6.45) is -0.00356. The van der Waals surface area contributed by atoms with Gasteiger partial charge in [-0.05, 0) is 69.0 Å². The van der Waals surface area contributed by atoms with Gasteiger partial charge in [-0.1, -0.05) is 73.1 Å². The number of phenols is 1. The van der Waals surface area contributed by atoms with Crippen molar-refractivity contribution in [3.05, 3.63) is 94.5 Å². The molecule has 3 amide bonds. The summed E-state index contributed by atoms with van der Waals surface area (Å²) in [5.74, 6) is -0.910. The third-order valence-corrected chi connectivity index (χ3v) is 6.57. The van der Waals surface area contributed by atoms with Gasteiger partial charge in [0.1, 0.15) is 23.4 Å². The monoisotopic (exact) mass is 579 g/mol. The van der Waals surface area contributed by atoms with Crippen molar-refractivity contribution in [3.8, 4) is 5.75 Å². The maximum Gasteiger partial charge on any atom is 0.408 e. The Morgan fingerprint density at radius 3 is 2.22 bits per heavy atom. The lowest BCUT2D eigenvalue weighted by molar-refractivity contribution is -0.140. The Hall–Kier alpha value is -4.04. The molecule has 0 aliphatic carbocycles. The summed E-state index contributed by atoms with van der Waals surface area (Å²) in [6.45, 7) is 9.18. The van der Waals surface area contributed by atoms with E-state index in [4.69, 9.17) is 16.3 Å². The molecule has 8 nitrogen and oxygen atoms in total. The maximum absolute atomic E-state index is 14.3. The molecule has 0 bridgehead atoms. The van der Waals surface area contributed by atoms with Crippen molar-refractivity contribution in [1.82, 2.24) is 10.2 Å². The number of hydrogen-bond donors (Lipinski definition) is 3. The van der Waals surface area contributed by atoms with Gasteiger partial charge in [0.25, 0.3) is 5.91 Å². The number of amides is 3. The lowest BCUT2D eigenvalue weighted by Crippen LogP contribution is -2.53. The van der Waals surface area contributed by atoms with Crippen molar-refractivity contribution in [2.24, 2.45) is 0 Å². The van der Waals surface area contributed by atoms with E-state index in [2.05, 4.69) is 10.6 Å². The predicted molar refractivity (Wildman–Crippen MR) is 161 cm³/mol. The van der Waals surface area contributed by atoms with Gasteiger partial charge in [-0.15, -0.1) is 0 Å². The number of nitrogens with one attached hydrogen (secondary N) is 2. The van der Waals surface area contributed by atoms with Crippen molar-refractivity contribution < 1.29 is 24.2 Å². The molecule has 3 aromatic rings. The quantitative estimate of drug-likeness (QED) is 0.257. The molecule has 0 fully saturated rings. The van der Waals surface area contributed by atoms with Gasteiger partial charge in [-0.2, -0.15) is 0 Å². The van der Waals surface area contributed by atoms with Crippen LogP contribution in [0.4, 0.5) is 10.5 Å². The van der Waals surface area contributed by atoms with Crippen molar-refractivity contribution in [1.29, 1.82) is 0 Å². The van der Waals surface area contributed by atoms with E-state index in [-0.39, 0.29) is 18.7 Å². The fourth-order valence-corrected chi connectivity index (χ4v) is 4.69. The van der Waals surface area contributed by atoms with E-state index in [0.717, 1.165) is 11.1 Å². The zero-order chi connectivity index (χ0) is 30.2. The van der Waals surface area contributed by atoms with Gasteiger partial charge < -0.3 is 25.4 Å². The van der Waals surface area contributed by atoms with Crippen molar-refractivity contribution in [2.75, 3.05) is 11.9 Å². The highest BCUT2D eigenvalue weighted by Gasteiger charge is 2.36. The summed E-state index contributed by atoms with van der Waals surface area (Å²) in [5, 5.41) is 15.9. The number of carbonyl (C=O) groups excluding carboxylic acids is 3. The Labute approximate surface area is 246 Å². The number of nitrogens with zero attached hydrogens (tertiary/aromatic N) is 1. The molecule has 0 aliphatic rings. The molecule has 0 heterocycles. The number of alkyl carbamates (subject to hydrolysis) is 1. The van der Waals surface area contributed by atoms with Crippen LogP contribution in [0.2, 0.25) is 5.02 Å². The van der Waals surface area contributed by atoms with Crippen LogP contribution in [0.3, 0.4) is 0 Å². The smallest absolute Gasteiger partial charge is 0.408 e. The summed E-state index contributed by atoms with van der Waals surface area (Å²) >= 11 is 6.41. The van der Waals surface area contributed by atoms with Crippen LogP contribution < -0.4 is 10.6 Å². The predicted octanol–water partition coefficient (Wildman–Crippen LogP) is 6.41. The highest BCUT2D eigenvalue weighted by molar-refractivity contribution is 6.34. The minimum atomic E-state index is -1.09. The topological polar surface area (TPSA) is 108 Å². The highest BCUT2D eigenvalue weighted by atomic mass is 35.5. The van der Waals surface area contributed by atoms with Gasteiger partial charge in [0.2, 0.25) is 5.91 Å². The first-order chi connectivity index (χ1) is 19.4. The van der Waals surface area contributed by atoms with Gasteiger partial charge in [-0.3, -0.25) is 9.59 Å². The van der Waals surface area contributed by atoms with Crippen LogP contribution in [-0.4, -0.2) is 46.1 Å². The average Bonchev–Trinajstić information content (AvgIpc) is 2.90. The number of rotatable bonds is 10. The number of aromatic hydroxyl groups is 1. The molecule has 0 saturated heterocycles. The number of hydrogen-bond acceptors (Lipinski definition) is 5. The first kappa shape index (κ1) is 31.5. The second-order valence-corrected chi connectivity index (χ2v) is 11.2. The summed E-state index contributed by atoms with van der Waals surface area (Å²) < 4.78 is 5.46. The molecule has 9 heteroatoms. The number of para-hydroxylation sites is 1. The number of anilines is 1. The van der Waals surface area contributed by atoms with Crippen LogP contribution in [0, 0.1) is 6.92 Å². The zero-order valence-electron chi connectivity index (χ0n) is 24.1. The van der Waals surface area contributed by atoms with Gasteiger partial charge >= 0.3 is 6.09 Å². The van der Waals surface area contributed by atoms with Gasteiger partial charge in [0.15, 0.2) is 0 Å². The summed E-state index contributed by atoms with van der Waals surface area (Å²) in [7, 11) is 0. The van der Waals surface area contributed by atoms with Crippen molar-refractivity contribution >= 4 is 35.2 Å². The van der Waals surface area contributed by atoms with Crippen molar-refractivity contribution in [2.45, 2.75) is 65.1 Å². The molecule has 41 heavy (non-hydrogen) atoms. The molecular weight excluding hydrogens is 542 g/mol. The van der Waals surface area contributed by atoms with Crippen LogP contribution in [0.15, 0.2) is 72.8 Å². The number of halogens is 1. The van der Waals surface area contributed by atoms with Gasteiger partial charge in [-0.25, -0.2) is 4.79 Å². The van der Waals surface area contributed by atoms with Crippen LogP contribution in [0.5, 0.6) is 5.75 Å². The lowest BCUT2D eigenvalue weighted by atomic mass is 9.99. The molecule has 0 radical (unpaired) electrons. The molecule has 0 aliphatic heterocycles. The molecular formula is C32H38ClN3O5. The molecule has 2 unspecified atom stereocenters. The summed E-state index contributed by atoms with van der Waals surface area (Å²) in [5.41, 5.74) is 1.75. The Bertz CT molecular complexity index is 1320. The number of phenolic OH excluding ortho intramolecular Hbond substituents is 1. The van der Waals surface area contributed by atoms with E-state index in [1.54, 1.807) is 45.0 Å². The largest absolute Gasteiger partial charge is 0.508 e. The van der Waals surface area contributed by atoms with Crippen molar-refractivity contribution in [3.63, 3.8) is 0 Å². The average molecular weight is 580 g/mol. The zero-order valence-corrected chi connectivity index (χ0v) is 24.9. The molecule has 218 valence electrons. The second kappa shape index (κ2) is 14.0. The van der Waals surface area contributed by atoms with E-state index in [9.17, 15) is 19.5 Å². The molecule has 2 atom stereocenters. The van der Waals surface area contributed by atoms with E-state index in [1.165, 1.54) is 17.0 Å². The maximum atomic E-state index is 14.3. The molecule has 3 aromatic carbocycles. The van der Waals surface area contributed by atoms with E-state index >= 15 is 0 Å². The molecule has 3 N–H and O–H groups in total. The SMILES string of the molecule is CCCN(C(=O)C(Cc1ccccc1)NC(=O)OC(C)(C)C)C(C(=O)Nc1c(C)cccc1Cl)c1ccc(O)cc1. The van der Waals surface area contributed by atoms with E-state index in [0.29, 0.717) is 22.7 Å². The summed E-state index contributed by atoms with van der Waals surface area (Å²) in [6, 6.07) is 18.6. The Balaban J connectivity index is 2.05. The first-order valence-electron chi connectivity index (χ1n) is 13.6. The highest BCUT2D eigenvalue weighted by Crippen LogP contribution is 2.30. The Morgan fingerprint density at radius 2 is 1.63 bits per heavy atom. The number of aryl methyl sites for hydroxylation is 1. The normalized spacial score (nSPS) is 12.6. The van der Waals surface area contributed by atoms with Crippen LogP contribution in [-0.2, 0) is 20.7 Å². The van der Waals surface area contributed by atoms with E-state index < -0.39 is 35.6 Å². The number of benzene rings is 3. The lowest BCUT2D eigenvalue weighted by Gasteiger charge is -2.34. The molecule has 0 aromatic heterocycles. The fourth-order valence-electron chi connectivity index (χ4n) is 4.42. The molecule has 3 rings (SSSR count). The Kier molecular flexibility index (Phi) is 10.8. The standard InChI is InChI=1S/C32H38ClN3O5/c1-6-19-36(30(39)26(20-22-12-8-7-9-13-22)34-31(40)41-32(3,4)5)28(23-15-17-24(37)18-16-23)29(38)35-27-21(2)11-10-14-25(27)33/h7-18,26,28,37H,6,19-20H2,1-5H3,(H,34,40)(H,35,38). The minimum Gasteiger partial charge on any atom is -0.508 e. The third-order valence-electron chi connectivity index (χ3n) is 6.26. The third kappa shape index (κ3) is 8.98. The minimum absolute atomic E-state index is 0.0248. The number of ether oxygens (including phenoxy) is 1. The first-order valence-corrected chi connectivity index (χ1v) is 14.0. The number of carbonyl (C=O) groups is 3. The van der Waals surface area contributed by atoms with Crippen LogP contribution in [0.25, 0.3) is 0 Å². The molecule has 0 spiro atoms. The fraction of sp³-hybridized carbons (Fsp3) is 0.344. The van der Waals surface area contributed by atoms with Crippen LogP contribution in [0.1, 0.15) is 56.8 Å². The Morgan fingerprint density at radius 1 is 0.976 bits per heavy atom.